The monoisotopic (exact) mass is 507 g/mol. The number of pyridine rings is 1. The molecule has 2 fully saturated rings. The number of hydrogen-bond acceptors (Lipinski definition) is 7. The number of nitrogens with zero attached hydrogens (tertiary/aromatic N) is 6. The first-order valence-corrected chi connectivity index (χ1v) is 12.7. The van der Waals surface area contributed by atoms with Gasteiger partial charge >= 0.3 is 0 Å². The van der Waals surface area contributed by atoms with Crippen LogP contribution >= 0.6 is 0 Å². The number of aryl methyl sites for hydroxylation is 1. The van der Waals surface area contributed by atoms with Crippen LogP contribution < -0.4 is 15.5 Å². The number of imidazole rings is 1. The fourth-order valence-electron chi connectivity index (χ4n) is 5.62. The second-order valence-electron chi connectivity index (χ2n) is 10.6. The van der Waals surface area contributed by atoms with E-state index in [1.165, 1.54) is 17.2 Å². The largest absolute Gasteiger partial charge is 0.380 e. The van der Waals surface area contributed by atoms with E-state index in [9.17, 15) is 4.39 Å². The van der Waals surface area contributed by atoms with E-state index in [1.54, 1.807) is 12.3 Å². The highest BCUT2D eigenvalue weighted by molar-refractivity contribution is 6.13. The lowest BCUT2D eigenvalue weighted by molar-refractivity contribution is -0.124. The molecule has 8 nitrogen and oxygen atoms in total. The van der Waals surface area contributed by atoms with E-state index < -0.39 is 17.9 Å². The maximum absolute atomic E-state index is 15.4. The SMILES string of the molecule is Cc1nc2c(F)cc(C3=NC(N)N(c4ccc(N5CCC6(CC5)COC6)cn4)C=C3F)cc2n1C(C)C. The van der Waals surface area contributed by atoms with Crippen LogP contribution in [-0.2, 0) is 4.74 Å². The summed E-state index contributed by atoms with van der Waals surface area (Å²) in [7, 11) is 0. The van der Waals surface area contributed by atoms with Crippen molar-refractivity contribution >= 4 is 28.3 Å². The number of anilines is 2. The van der Waals surface area contributed by atoms with Gasteiger partial charge in [-0.1, -0.05) is 0 Å². The Morgan fingerprint density at radius 2 is 1.89 bits per heavy atom. The number of ether oxygens (including phenoxy) is 1. The molecule has 3 aromatic rings. The van der Waals surface area contributed by atoms with E-state index in [-0.39, 0.29) is 17.3 Å². The zero-order valence-corrected chi connectivity index (χ0v) is 21.3. The molecule has 0 bridgehead atoms. The third-order valence-corrected chi connectivity index (χ3v) is 7.74. The second kappa shape index (κ2) is 8.88. The van der Waals surface area contributed by atoms with Crippen molar-refractivity contribution in [3.8, 4) is 0 Å². The number of allylic oxidation sites excluding steroid dienone is 1. The fraction of sp³-hybridized carbons (Fsp3) is 0.444. The maximum Gasteiger partial charge on any atom is 0.179 e. The molecule has 1 aromatic carbocycles. The molecular formula is C27H31F2N7O. The van der Waals surface area contributed by atoms with Gasteiger partial charge in [-0.2, -0.15) is 0 Å². The highest BCUT2D eigenvalue weighted by atomic mass is 19.1. The van der Waals surface area contributed by atoms with Crippen molar-refractivity contribution in [1.29, 1.82) is 0 Å². The smallest absolute Gasteiger partial charge is 0.179 e. The summed E-state index contributed by atoms with van der Waals surface area (Å²) >= 11 is 0. The molecule has 6 rings (SSSR count). The molecule has 37 heavy (non-hydrogen) atoms. The van der Waals surface area contributed by atoms with Crippen LogP contribution in [0.1, 0.15) is 44.1 Å². The van der Waals surface area contributed by atoms with Crippen molar-refractivity contribution < 1.29 is 13.5 Å². The van der Waals surface area contributed by atoms with Crippen molar-refractivity contribution in [2.24, 2.45) is 16.1 Å². The van der Waals surface area contributed by atoms with Crippen LogP contribution in [0.15, 0.2) is 47.5 Å². The molecule has 3 aliphatic rings. The minimum Gasteiger partial charge on any atom is -0.380 e. The lowest BCUT2D eigenvalue weighted by Crippen LogP contribution is -2.51. The van der Waals surface area contributed by atoms with Gasteiger partial charge in [-0.3, -0.25) is 10.6 Å². The third-order valence-electron chi connectivity index (χ3n) is 7.74. The molecular weight excluding hydrogens is 476 g/mol. The van der Waals surface area contributed by atoms with E-state index in [0.717, 1.165) is 44.8 Å². The molecule has 0 radical (unpaired) electrons. The number of halogens is 2. The van der Waals surface area contributed by atoms with Gasteiger partial charge in [-0.15, -0.1) is 0 Å². The van der Waals surface area contributed by atoms with Gasteiger partial charge < -0.3 is 14.2 Å². The number of hydrogen-bond donors (Lipinski definition) is 1. The van der Waals surface area contributed by atoms with Crippen LogP contribution in [0.25, 0.3) is 11.0 Å². The zero-order chi connectivity index (χ0) is 25.9. The molecule has 1 unspecified atom stereocenters. The summed E-state index contributed by atoms with van der Waals surface area (Å²) < 4.78 is 37.7. The minimum absolute atomic E-state index is 0.0116. The molecule has 0 aliphatic carbocycles. The molecule has 3 aliphatic heterocycles. The van der Waals surface area contributed by atoms with Gasteiger partial charge in [-0.25, -0.2) is 23.7 Å². The first-order chi connectivity index (χ1) is 17.7. The number of rotatable bonds is 4. The molecule has 2 N–H and O–H groups in total. The van der Waals surface area contributed by atoms with Gasteiger partial charge in [0.25, 0.3) is 0 Å². The Hall–Kier alpha value is -3.37. The van der Waals surface area contributed by atoms with Crippen molar-refractivity contribution in [2.45, 2.75) is 45.9 Å². The maximum atomic E-state index is 15.4. The van der Waals surface area contributed by atoms with E-state index in [2.05, 4.69) is 19.9 Å². The molecule has 2 saturated heterocycles. The molecule has 2 aromatic heterocycles. The summed E-state index contributed by atoms with van der Waals surface area (Å²) in [6, 6.07) is 6.86. The molecule has 1 spiro atoms. The summed E-state index contributed by atoms with van der Waals surface area (Å²) in [5.74, 6) is 0.0568. The minimum atomic E-state index is -0.906. The lowest BCUT2D eigenvalue weighted by Gasteiger charge is -2.47. The van der Waals surface area contributed by atoms with Gasteiger partial charge in [0, 0.05) is 36.3 Å². The average Bonchev–Trinajstić information content (AvgIpc) is 3.21. The van der Waals surface area contributed by atoms with Crippen LogP contribution in [0.2, 0.25) is 0 Å². The summed E-state index contributed by atoms with van der Waals surface area (Å²) in [4.78, 5) is 17.1. The number of aliphatic imine (C=N–C) groups is 1. The highest BCUT2D eigenvalue weighted by Gasteiger charge is 2.41. The zero-order valence-electron chi connectivity index (χ0n) is 21.3. The first kappa shape index (κ1) is 24.0. The van der Waals surface area contributed by atoms with Crippen LogP contribution in [-0.4, -0.2) is 52.8 Å². The van der Waals surface area contributed by atoms with E-state index in [0.29, 0.717) is 28.1 Å². The quantitative estimate of drug-likeness (QED) is 0.562. The van der Waals surface area contributed by atoms with Crippen LogP contribution in [0, 0.1) is 18.2 Å². The first-order valence-electron chi connectivity index (χ1n) is 12.7. The summed E-state index contributed by atoms with van der Waals surface area (Å²) in [5.41, 5.74) is 8.90. The molecule has 10 heteroatoms. The summed E-state index contributed by atoms with van der Waals surface area (Å²) in [6.45, 7) is 9.48. The number of piperidine rings is 1. The van der Waals surface area contributed by atoms with Crippen LogP contribution in [0.4, 0.5) is 20.3 Å². The van der Waals surface area contributed by atoms with Gasteiger partial charge in [0.05, 0.1) is 30.6 Å². The Labute approximate surface area is 214 Å². The number of fused-ring (bicyclic) bond motifs is 1. The Morgan fingerprint density at radius 3 is 2.51 bits per heavy atom. The van der Waals surface area contributed by atoms with Gasteiger partial charge in [-0.05, 0) is 57.9 Å². The summed E-state index contributed by atoms with van der Waals surface area (Å²) in [5, 5.41) is 0. The van der Waals surface area contributed by atoms with E-state index in [1.807, 2.05) is 37.5 Å². The number of nitrogens with two attached hydrogens (primary N) is 1. The van der Waals surface area contributed by atoms with Crippen LogP contribution in [0.3, 0.4) is 0 Å². The Morgan fingerprint density at radius 1 is 1.14 bits per heavy atom. The highest BCUT2D eigenvalue weighted by Crippen LogP contribution is 2.39. The van der Waals surface area contributed by atoms with Crippen molar-refractivity contribution in [1.82, 2.24) is 14.5 Å². The van der Waals surface area contributed by atoms with Crippen LogP contribution in [0.5, 0.6) is 0 Å². The fourth-order valence-corrected chi connectivity index (χ4v) is 5.62. The van der Waals surface area contributed by atoms with Crippen molar-refractivity contribution in [3.63, 3.8) is 0 Å². The lowest BCUT2D eigenvalue weighted by atomic mass is 9.77. The van der Waals surface area contributed by atoms with Crippen molar-refractivity contribution in [2.75, 3.05) is 36.1 Å². The topological polar surface area (TPSA) is 84.8 Å². The van der Waals surface area contributed by atoms with E-state index >= 15 is 4.39 Å². The normalized spacial score (nSPS) is 21.4. The average molecular weight is 508 g/mol. The van der Waals surface area contributed by atoms with Gasteiger partial charge in [0.15, 0.2) is 17.9 Å². The molecule has 5 heterocycles. The third kappa shape index (κ3) is 4.08. The second-order valence-corrected chi connectivity index (χ2v) is 10.6. The van der Waals surface area contributed by atoms with Crippen molar-refractivity contribution in [3.05, 3.63) is 59.7 Å². The Balaban J connectivity index is 1.23. The molecule has 0 saturated carbocycles. The van der Waals surface area contributed by atoms with E-state index in [4.69, 9.17) is 10.5 Å². The van der Waals surface area contributed by atoms with Gasteiger partial charge in [0.1, 0.15) is 22.9 Å². The molecule has 1 atom stereocenters. The molecule has 194 valence electrons. The number of benzene rings is 1. The number of aromatic nitrogens is 3. The molecule has 0 amide bonds. The Kier molecular flexibility index (Phi) is 5.76. The Bertz CT molecular complexity index is 1400. The van der Waals surface area contributed by atoms with Gasteiger partial charge in [0.2, 0.25) is 0 Å². The standard InChI is InChI=1S/C27H31F2N7O/c1-16(2)36-17(3)32-25-20(28)10-18(11-22(25)36)24-21(29)13-35(26(30)33-24)23-5-4-19(12-31-23)34-8-6-27(7-9-34)14-37-15-27/h4-5,10-13,16,26H,6-9,14-15,30H2,1-3H3. The summed E-state index contributed by atoms with van der Waals surface area (Å²) in [6.07, 6.45) is 4.39. The predicted molar refractivity (Wildman–Crippen MR) is 140 cm³/mol. The predicted octanol–water partition coefficient (Wildman–Crippen LogP) is 4.44.